The second kappa shape index (κ2) is 17.0. The quantitative estimate of drug-likeness (QED) is 0.135. The zero-order valence-corrected chi connectivity index (χ0v) is 32.3. The van der Waals surface area contributed by atoms with Crippen LogP contribution < -0.4 is 21.0 Å². The van der Waals surface area contributed by atoms with Gasteiger partial charge in [0.05, 0.1) is 13.2 Å². The van der Waals surface area contributed by atoms with E-state index in [1.165, 1.54) is 7.05 Å². The Balaban J connectivity index is 1.47. The van der Waals surface area contributed by atoms with Crippen LogP contribution in [-0.4, -0.2) is 85.3 Å². The molecule has 0 aliphatic rings. The summed E-state index contributed by atoms with van der Waals surface area (Å²) >= 11 is 0. The number of aliphatic hydroxyl groups excluding tert-OH is 1. The van der Waals surface area contributed by atoms with Crippen molar-refractivity contribution in [2.45, 2.75) is 64.3 Å². The van der Waals surface area contributed by atoms with Gasteiger partial charge in [-0.3, -0.25) is 14.9 Å². The lowest BCUT2D eigenvalue weighted by molar-refractivity contribution is -0.151. The van der Waals surface area contributed by atoms with Crippen molar-refractivity contribution in [3.05, 3.63) is 115 Å². The number of hydrogen-bond acceptors (Lipinski definition) is 7. The molecule has 53 heavy (non-hydrogen) atoms. The minimum atomic E-state index is -3.13. The van der Waals surface area contributed by atoms with E-state index in [0.29, 0.717) is 5.69 Å². The molecule has 0 saturated heterocycles. The maximum Gasteiger partial charge on any atom is 0.412 e. The summed E-state index contributed by atoms with van der Waals surface area (Å²) in [6, 6.07) is 30.4. The number of amides is 3. The molecular formula is C41H49N3O8Si. The Morgan fingerprint density at radius 1 is 0.755 bits per heavy atom. The minimum absolute atomic E-state index is 0.232. The molecule has 0 aromatic heterocycles. The smallest absolute Gasteiger partial charge is 0.412 e. The number of aliphatic hydroxyl groups is 1. The molecule has 0 bridgehead atoms. The molecule has 4 N–H and O–H groups in total. The molecule has 280 valence electrons. The number of carbonyl (C=O) groups excluding carboxylic acids is 3. The summed E-state index contributed by atoms with van der Waals surface area (Å²) in [5.41, 5.74) is 1.79. The largest absolute Gasteiger partial charge is 0.480 e. The average molecular weight is 740 g/mol. The molecule has 0 spiro atoms. The highest BCUT2D eigenvalue weighted by Crippen LogP contribution is 2.37. The van der Waals surface area contributed by atoms with Crippen molar-refractivity contribution in [3.63, 3.8) is 0 Å². The van der Waals surface area contributed by atoms with Gasteiger partial charge in [-0.05, 0) is 71.6 Å². The van der Waals surface area contributed by atoms with Crippen LogP contribution in [0.1, 0.15) is 51.9 Å². The number of benzene rings is 4. The first kappa shape index (κ1) is 40.5. The SMILES string of the molecule is CN(C(=O)[C@H](CO)NC(=O)c1ccc(-c2ccc(NC(=O)OC(C)(C)C)cc2)cc1)[C@@H](CO[Si](c1ccccc1)(c1ccccc1)C(C)(C)C)C(=O)O. The Kier molecular flexibility index (Phi) is 13.0. The van der Waals surface area contributed by atoms with E-state index < -0.39 is 61.5 Å². The molecule has 11 nitrogen and oxygen atoms in total. The number of rotatable bonds is 13. The van der Waals surface area contributed by atoms with E-state index in [1.54, 1.807) is 57.2 Å². The monoisotopic (exact) mass is 739 g/mol. The number of likely N-dealkylation sites (N-methyl/N-ethyl adjacent to an activating group) is 1. The van der Waals surface area contributed by atoms with Gasteiger partial charge in [0.15, 0.2) is 6.04 Å². The Morgan fingerprint density at radius 2 is 1.25 bits per heavy atom. The lowest BCUT2D eigenvalue weighted by atomic mass is 10.0. The van der Waals surface area contributed by atoms with Crippen LogP contribution in [-0.2, 0) is 18.8 Å². The van der Waals surface area contributed by atoms with Gasteiger partial charge in [0.25, 0.3) is 14.2 Å². The van der Waals surface area contributed by atoms with Gasteiger partial charge in [-0.25, -0.2) is 9.59 Å². The number of carboxylic acid groups (broad SMARTS) is 1. The zero-order valence-electron chi connectivity index (χ0n) is 31.3. The number of nitrogens with one attached hydrogen (secondary N) is 2. The lowest BCUT2D eigenvalue weighted by Gasteiger charge is -2.44. The van der Waals surface area contributed by atoms with Gasteiger partial charge in [-0.1, -0.05) is 106 Å². The Bertz CT molecular complexity index is 1820. The first-order chi connectivity index (χ1) is 25.0. The van der Waals surface area contributed by atoms with E-state index in [4.69, 9.17) is 9.16 Å². The van der Waals surface area contributed by atoms with Gasteiger partial charge in [0.1, 0.15) is 11.6 Å². The fraction of sp³-hybridized carbons (Fsp3) is 0.317. The third-order valence-corrected chi connectivity index (χ3v) is 13.8. The van der Waals surface area contributed by atoms with Crippen molar-refractivity contribution in [2.75, 3.05) is 25.6 Å². The van der Waals surface area contributed by atoms with Gasteiger partial charge >= 0.3 is 12.1 Å². The summed E-state index contributed by atoms with van der Waals surface area (Å²) in [4.78, 5) is 52.7. The van der Waals surface area contributed by atoms with E-state index in [2.05, 4.69) is 31.4 Å². The number of anilines is 1. The third-order valence-electron chi connectivity index (χ3n) is 8.77. The van der Waals surface area contributed by atoms with Crippen LogP contribution in [0.3, 0.4) is 0 Å². The molecule has 0 heterocycles. The van der Waals surface area contributed by atoms with Crippen LogP contribution >= 0.6 is 0 Å². The lowest BCUT2D eigenvalue weighted by Crippen LogP contribution is -2.68. The zero-order chi connectivity index (χ0) is 39.0. The number of carbonyl (C=O) groups is 4. The summed E-state index contributed by atoms with van der Waals surface area (Å²) in [5, 5.41) is 27.2. The predicted octanol–water partition coefficient (Wildman–Crippen LogP) is 5.28. The molecule has 4 rings (SSSR count). The molecule has 4 aromatic carbocycles. The van der Waals surface area contributed by atoms with Gasteiger partial charge in [-0.2, -0.15) is 0 Å². The topological polar surface area (TPSA) is 154 Å². The fourth-order valence-corrected chi connectivity index (χ4v) is 10.7. The van der Waals surface area contributed by atoms with E-state index in [1.807, 2.05) is 72.8 Å². The molecule has 0 radical (unpaired) electrons. The molecule has 2 atom stereocenters. The van der Waals surface area contributed by atoms with E-state index in [9.17, 15) is 29.4 Å². The molecule has 0 aliphatic carbocycles. The first-order valence-corrected chi connectivity index (χ1v) is 19.2. The summed E-state index contributed by atoms with van der Waals surface area (Å²) < 4.78 is 12.1. The summed E-state index contributed by atoms with van der Waals surface area (Å²) in [5.74, 6) is -2.69. The second-order valence-corrected chi connectivity index (χ2v) is 19.1. The maximum atomic E-state index is 13.7. The van der Waals surface area contributed by atoms with E-state index in [-0.39, 0.29) is 12.2 Å². The number of carboxylic acids is 1. The average Bonchev–Trinajstić information content (AvgIpc) is 3.11. The Labute approximate surface area is 312 Å². The van der Waals surface area contributed by atoms with Crippen LogP contribution in [0.5, 0.6) is 0 Å². The highest BCUT2D eigenvalue weighted by molar-refractivity contribution is 6.99. The molecule has 3 amide bonds. The summed E-state index contributed by atoms with van der Waals surface area (Å²) in [7, 11) is -1.81. The summed E-state index contributed by atoms with van der Waals surface area (Å²) in [6.07, 6.45) is -0.561. The van der Waals surface area contributed by atoms with Crippen molar-refractivity contribution < 1.29 is 38.6 Å². The molecule has 0 fully saturated rings. The third kappa shape index (κ3) is 9.98. The van der Waals surface area contributed by atoms with Crippen LogP contribution in [0.2, 0.25) is 5.04 Å². The number of ether oxygens (including phenoxy) is 1. The van der Waals surface area contributed by atoms with Gasteiger partial charge in [0.2, 0.25) is 5.91 Å². The second-order valence-electron chi connectivity index (χ2n) is 14.8. The number of hydrogen-bond donors (Lipinski definition) is 4. The summed E-state index contributed by atoms with van der Waals surface area (Å²) in [6.45, 7) is 10.5. The first-order valence-electron chi connectivity index (χ1n) is 17.3. The van der Waals surface area contributed by atoms with E-state index in [0.717, 1.165) is 26.4 Å². The number of aliphatic carboxylic acids is 1. The predicted molar refractivity (Wildman–Crippen MR) is 208 cm³/mol. The van der Waals surface area contributed by atoms with Crippen LogP contribution in [0.4, 0.5) is 10.5 Å². The molecule has 0 saturated carbocycles. The minimum Gasteiger partial charge on any atom is -0.480 e. The fourth-order valence-electron chi connectivity index (χ4n) is 6.12. The van der Waals surface area contributed by atoms with Gasteiger partial charge in [0, 0.05) is 18.3 Å². The van der Waals surface area contributed by atoms with Crippen molar-refractivity contribution >= 4 is 48.3 Å². The van der Waals surface area contributed by atoms with E-state index >= 15 is 0 Å². The van der Waals surface area contributed by atoms with Crippen LogP contribution in [0.25, 0.3) is 11.1 Å². The Hall–Kier alpha value is -5.30. The van der Waals surface area contributed by atoms with Gasteiger partial charge < -0.3 is 29.6 Å². The molecule has 4 aromatic rings. The molecule has 0 aliphatic heterocycles. The van der Waals surface area contributed by atoms with Gasteiger partial charge in [-0.15, -0.1) is 0 Å². The van der Waals surface area contributed by atoms with Crippen LogP contribution in [0.15, 0.2) is 109 Å². The van der Waals surface area contributed by atoms with Crippen molar-refractivity contribution in [1.29, 1.82) is 0 Å². The molecule has 0 unspecified atom stereocenters. The highest BCUT2D eigenvalue weighted by Gasteiger charge is 2.51. The molecular weight excluding hydrogens is 691 g/mol. The van der Waals surface area contributed by atoms with Crippen LogP contribution in [0, 0.1) is 0 Å². The highest BCUT2D eigenvalue weighted by atomic mass is 28.4. The van der Waals surface area contributed by atoms with Crippen molar-refractivity contribution in [1.82, 2.24) is 10.2 Å². The number of nitrogens with zero attached hydrogens (tertiary/aromatic N) is 1. The van der Waals surface area contributed by atoms with Crippen molar-refractivity contribution in [3.8, 4) is 11.1 Å². The van der Waals surface area contributed by atoms with Crippen molar-refractivity contribution in [2.24, 2.45) is 0 Å². The normalized spacial score (nSPS) is 13.0. The standard InChI is InChI=1S/C41H49N3O8Si/c1-40(2,3)52-39(50)42-31-24-22-29(23-25-31)28-18-20-30(21-19-28)36(46)43-34(26-45)37(47)44(7)35(38(48)49)27-51-53(41(4,5)6,32-14-10-8-11-15-32)33-16-12-9-13-17-33/h8-25,34-35,45H,26-27H2,1-7H3,(H,42,50)(H,43,46)(H,48,49)/t34-,35-/m0/s1. The Morgan fingerprint density at radius 3 is 1.68 bits per heavy atom. The maximum absolute atomic E-state index is 13.7. The molecule has 12 heteroatoms.